The molecule has 2 N–H and O–H groups in total. The molecule has 6 heteroatoms. The molecule has 0 heterocycles. The maximum atomic E-state index is 12.6. The summed E-state index contributed by atoms with van der Waals surface area (Å²) >= 11 is 3.37. The monoisotopic (exact) mass is 418 g/mol. The molecule has 0 unspecified atom stereocenters. The third-order valence-corrected chi connectivity index (χ3v) is 4.03. The first-order valence-corrected chi connectivity index (χ1v) is 9.32. The van der Waals surface area contributed by atoms with Gasteiger partial charge in [0.25, 0.3) is 11.8 Å². The molecule has 0 saturated heterocycles. The van der Waals surface area contributed by atoms with Crippen LogP contribution in [0.5, 0.6) is 5.75 Å². The maximum absolute atomic E-state index is 12.6. The van der Waals surface area contributed by atoms with E-state index < -0.39 is 0 Å². The van der Waals surface area contributed by atoms with Crippen molar-refractivity contribution in [3.8, 4) is 5.75 Å². The van der Waals surface area contributed by atoms with Crippen LogP contribution in [0.15, 0.2) is 46.9 Å². The number of rotatable bonds is 7. The van der Waals surface area contributed by atoms with E-state index in [2.05, 4.69) is 26.6 Å². The SMILES string of the molecule is CCOc1ccc(Br)cc1C(=O)Nc1cccc(C(=O)NCC(C)C)c1. The average Bonchev–Trinajstić information content (AvgIpc) is 2.61. The second-order valence-electron chi connectivity index (χ2n) is 6.21. The predicted molar refractivity (Wildman–Crippen MR) is 107 cm³/mol. The van der Waals surface area contributed by atoms with Crippen LogP contribution < -0.4 is 15.4 Å². The average molecular weight is 419 g/mol. The molecule has 0 bridgehead atoms. The van der Waals surface area contributed by atoms with Crippen molar-refractivity contribution in [2.24, 2.45) is 5.92 Å². The molecule has 26 heavy (non-hydrogen) atoms. The highest BCUT2D eigenvalue weighted by molar-refractivity contribution is 9.10. The predicted octanol–water partition coefficient (Wildman–Crippen LogP) is 4.49. The fraction of sp³-hybridized carbons (Fsp3) is 0.300. The normalized spacial score (nSPS) is 10.5. The van der Waals surface area contributed by atoms with Gasteiger partial charge >= 0.3 is 0 Å². The zero-order chi connectivity index (χ0) is 19.1. The topological polar surface area (TPSA) is 67.4 Å². The number of anilines is 1. The quantitative estimate of drug-likeness (QED) is 0.695. The summed E-state index contributed by atoms with van der Waals surface area (Å²) < 4.78 is 6.31. The van der Waals surface area contributed by atoms with Gasteiger partial charge in [0.05, 0.1) is 12.2 Å². The summed E-state index contributed by atoms with van der Waals surface area (Å²) in [6.07, 6.45) is 0. The highest BCUT2D eigenvalue weighted by Crippen LogP contribution is 2.24. The van der Waals surface area contributed by atoms with Crippen molar-refractivity contribution >= 4 is 33.4 Å². The summed E-state index contributed by atoms with van der Waals surface area (Å²) in [4.78, 5) is 24.8. The number of ether oxygens (including phenoxy) is 1. The Morgan fingerprint density at radius 3 is 2.58 bits per heavy atom. The van der Waals surface area contributed by atoms with Gasteiger partial charge in [-0.3, -0.25) is 9.59 Å². The Morgan fingerprint density at radius 2 is 1.88 bits per heavy atom. The summed E-state index contributed by atoms with van der Waals surface area (Å²) in [7, 11) is 0. The van der Waals surface area contributed by atoms with Crippen LogP contribution in [0, 0.1) is 5.92 Å². The van der Waals surface area contributed by atoms with Crippen molar-refractivity contribution < 1.29 is 14.3 Å². The lowest BCUT2D eigenvalue weighted by molar-refractivity contribution is 0.0947. The van der Waals surface area contributed by atoms with Crippen LogP contribution in [-0.2, 0) is 0 Å². The third-order valence-electron chi connectivity index (χ3n) is 3.54. The Kier molecular flexibility index (Phi) is 7.21. The first kappa shape index (κ1) is 20.0. The molecule has 2 aromatic carbocycles. The van der Waals surface area contributed by atoms with Gasteiger partial charge in [0.1, 0.15) is 5.75 Å². The van der Waals surface area contributed by atoms with Crippen LogP contribution in [-0.4, -0.2) is 25.0 Å². The molecule has 0 radical (unpaired) electrons. The fourth-order valence-electron chi connectivity index (χ4n) is 2.30. The zero-order valence-corrected chi connectivity index (χ0v) is 16.7. The zero-order valence-electron chi connectivity index (χ0n) is 15.1. The van der Waals surface area contributed by atoms with Crippen molar-refractivity contribution in [2.45, 2.75) is 20.8 Å². The number of hydrogen-bond donors (Lipinski definition) is 2. The standard InChI is InChI=1S/C20H23BrN2O3/c1-4-26-18-9-8-15(21)11-17(18)20(25)23-16-7-5-6-14(10-16)19(24)22-12-13(2)3/h5-11,13H,4,12H2,1-3H3,(H,22,24)(H,23,25). The number of halogens is 1. The van der Waals surface area contributed by atoms with E-state index in [1.54, 1.807) is 36.4 Å². The van der Waals surface area contributed by atoms with E-state index >= 15 is 0 Å². The van der Waals surface area contributed by atoms with Gasteiger partial charge in [-0.25, -0.2) is 0 Å². The number of carbonyl (C=O) groups excluding carboxylic acids is 2. The molecule has 2 amide bonds. The molecule has 0 saturated carbocycles. The van der Waals surface area contributed by atoms with Crippen molar-refractivity contribution in [3.63, 3.8) is 0 Å². The van der Waals surface area contributed by atoms with Gasteiger partial charge in [0.2, 0.25) is 0 Å². The van der Waals surface area contributed by atoms with Gasteiger partial charge in [-0.2, -0.15) is 0 Å². The van der Waals surface area contributed by atoms with E-state index in [1.165, 1.54) is 0 Å². The van der Waals surface area contributed by atoms with Crippen molar-refractivity contribution in [3.05, 3.63) is 58.1 Å². The fourth-order valence-corrected chi connectivity index (χ4v) is 2.66. The van der Waals surface area contributed by atoms with E-state index in [-0.39, 0.29) is 11.8 Å². The molecular weight excluding hydrogens is 396 g/mol. The number of hydrogen-bond acceptors (Lipinski definition) is 3. The molecule has 0 aliphatic carbocycles. The van der Waals surface area contributed by atoms with Crippen LogP contribution >= 0.6 is 15.9 Å². The molecule has 2 aromatic rings. The van der Waals surface area contributed by atoms with Gasteiger partial charge in [0, 0.05) is 22.3 Å². The molecule has 2 rings (SSSR count). The lowest BCUT2D eigenvalue weighted by Gasteiger charge is -2.12. The van der Waals surface area contributed by atoms with Crippen molar-refractivity contribution in [1.29, 1.82) is 0 Å². The maximum Gasteiger partial charge on any atom is 0.259 e. The van der Waals surface area contributed by atoms with Crippen LogP contribution in [0.3, 0.4) is 0 Å². The number of carbonyl (C=O) groups is 2. The Morgan fingerprint density at radius 1 is 1.12 bits per heavy atom. The van der Waals surface area contributed by atoms with Crippen molar-refractivity contribution in [1.82, 2.24) is 5.32 Å². The van der Waals surface area contributed by atoms with E-state index in [9.17, 15) is 9.59 Å². The lowest BCUT2D eigenvalue weighted by Crippen LogP contribution is -2.27. The highest BCUT2D eigenvalue weighted by atomic mass is 79.9. The van der Waals surface area contributed by atoms with Crippen LogP contribution in [0.4, 0.5) is 5.69 Å². The second-order valence-corrected chi connectivity index (χ2v) is 7.13. The summed E-state index contributed by atoms with van der Waals surface area (Å²) in [5.41, 5.74) is 1.48. The molecule has 0 atom stereocenters. The first-order chi connectivity index (χ1) is 12.4. The molecule has 0 spiro atoms. The molecule has 0 aliphatic heterocycles. The minimum absolute atomic E-state index is 0.160. The second kappa shape index (κ2) is 9.38. The summed E-state index contributed by atoms with van der Waals surface area (Å²) in [5.74, 6) is 0.427. The largest absolute Gasteiger partial charge is 0.493 e. The highest BCUT2D eigenvalue weighted by Gasteiger charge is 2.14. The molecule has 5 nitrogen and oxygen atoms in total. The number of benzene rings is 2. The van der Waals surface area contributed by atoms with Crippen LogP contribution in [0.1, 0.15) is 41.5 Å². The van der Waals surface area contributed by atoms with E-state index in [4.69, 9.17) is 4.74 Å². The summed E-state index contributed by atoms with van der Waals surface area (Å²) in [6.45, 7) is 7.00. The van der Waals surface area contributed by atoms with Crippen LogP contribution in [0.25, 0.3) is 0 Å². The minimum Gasteiger partial charge on any atom is -0.493 e. The third kappa shape index (κ3) is 5.59. The molecule has 0 fully saturated rings. The van der Waals surface area contributed by atoms with Crippen molar-refractivity contribution in [2.75, 3.05) is 18.5 Å². The number of nitrogens with one attached hydrogen (secondary N) is 2. The Labute approximate surface area is 162 Å². The number of amides is 2. The summed E-state index contributed by atoms with van der Waals surface area (Å²) in [5, 5.41) is 5.69. The van der Waals surface area contributed by atoms with Crippen LogP contribution in [0.2, 0.25) is 0 Å². The van der Waals surface area contributed by atoms with E-state index in [0.717, 1.165) is 4.47 Å². The summed E-state index contributed by atoms with van der Waals surface area (Å²) in [6, 6.07) is 12.1. The molecule has 0 aliphatic rings. The van der Waals surface area contributed by atoms with Gasteiger partial charge in [-0.15, -0.1) is 0 Å². The Hall–Kier alpha value is -2.34. The van der Waals surface area contributed by atoms with E-state index in [0.29, 0.717) is 41.6 Å². The van der Waals surface area contributed by atoms with Gasteiger partial charge in [-0.05, 0) is 49.2 Å². The van der Waals surface area contributed by atoms with Gasteiger partial charge < -0.3 is 15.4 Å². The first-order valence-electron chi connectivity index (χ1n) is 8.52. The van der Waals surface area contributed by atoms with Gasteiger partial charge in [-0.1, -0.05) is 35.8 Å². The Balaban J connectivity index is 2.16. The molecule has 138 valence electrons. The molecule has 0 aromatic heterocycles. The Bertz CT molecular complexity index is 790. The van der Waals surface area contributed by atoms with Gasteiger partial charge in [0.15, 0.2) is 0 Å². The lowest BCUT2D eigenvalue weighted by atomic mass is 10.1. The minimum atomic E-state index is -0.297. The van der Waals surface area contributed by atoms with E-state index in [1.807, 2.05) is 26.8 Å². The molecular formula is C20H23BrN2O3. The smallest absolute Gasteiger partial charge is 0.259 e.